The second kappa shape index (κ2) is 58.1. The molecule has 0 radical (unpaired) electrons. The number of nitrogens with zero attached hydrogens (tertiary/aromatic N) is 2. The summed E-state index contributed by atoms with van der Waals surface area (Å²) in [6.45, 7) is 36.1. The predicted molar refractivity (Wildman–Crippen MR) is 503 cm³/mol. The molecular formula is C109H190N2O4S. The number of hydrogen-bond acceptors (Lipinski definition) is 7. The van der Waals surface area contributed by atoms with E-state index in [0.717, 1.165) is 167 Å². The summed E-state index contributed by atoms with van der Waals surface area (Å²) in [4.78, 5) is 0. The Hall–Kier alpha value is -2.16. The summed E-state index contributed by atoms with van der Waals surface area (Å²) in [7, 11) is 0. The molecule has 0 N–H and O–H groups in total. The van der Waals surface area contributed by atoms with Crippen molar-refractivity contribution < 1.29 is 18.9 Å². The molecule has 2 aromatic carbocycles. The highest BCUT2D eigenvalue weighted by molar-refractivity contribution is 7.17. The Labute approximate surface area is 724 Å². The van der Waals surface area contributed by atoms with Crippen LogP contribution in [0, 0.1) is 132 Å². The average Bonchev–Trinajstić information content (AvgIpc) is 1.69. The van der Waals surface area contributed by atoms with Crippen molar-refractivity contribution in [2.24, 2.45) is 118 Å². The quantitative estimate of drug-likeness (QED) is 0.0747. The van der Waals surface area contributed by atoms with E-state index in [4.69, 9.17) is 18.9 Å². The SMILES string of the molecule is CC1CCC(CCCC2CCC(C)CC2)CC1.CC1CCC(CCCC2CCC(C)CC2)CC1.CC1CCC(CCCC2CCC(C)CC2)CC1.CC1CCC(CCCC2OCC(C)CO2)CC1.CC1CCC(CCCC2OCC(C)CO2)CC1.CCCCCC1CCC(C)CC1.Cc1ccc(-c2nnc(-c3ccc(C)cc3)s2)cc1. The summed E-state index contributed by atoms with van der Waals surface area (Å²) in [5.41, 5.74) is 4.77. The molecule has 11 fully saturated rings. The minimum Gasteiger partial charge on any atom is -0.352 e. The van der Waals surface area contributed by atoms with E-state index < -0.39 is 0 Å². The lowest BCUT2D eigenvalue weighted by Crippen LogP contribution is -2.30. The topological polar surface area (TPSA) is 62.7 Å². The fourth-order valence-corrected chi connectivity index (χ4v) is 22.8. The summed E-state index contributed by atoms with van der Waals surface area (Å²) in [6, 6.07) is 16.8. The van der Waals surface area contributed by atoms with Crippen molar-refractivity contribution in [3.05, 3.63) is 59.7 Å². The van der Waals surface area contributed by atoms with Gasteiger partial charge in [0, 0.05) is 23.0 Å². The Morgan fingerprint density at radius 2 is 0.414 bits per heavy atom. The first-order valence-electron chi connectivity index (χ1n) is 51.7. The molecule has 0 spiro atoms. The Kier molecular flexibility index (Phi) is 49.7. The van der Waals surface area contributed by atoms with Gasteiger partial charge in [-0.25, -0.2) is 0 Å². The van der Waals surface area contributed by atoms with Crippen molar-refractivity contribution >= 4 is 11.3 Å². The highest BCUT2D eigenvalue weighted by Crippen LogP contribution is 2.41. The minimum absolute atomic E-state index is 0.0914. The first-order chi connectivity index (χ1) is 56.2. The molecule has 11 aliphatic rings. The van der Waals surface area contributed by atoms with Gasteiger partial charge in [-0.3, -0.25) is 0 Å². The second-order valence-corrected chi connectivity index (χ2v) is 44.3. The maximum absolute atomic E-state index is 5.67. The van der Waals surface area contributed by atoms with Crippen LogP contribution in [0.15, 0.2) is 48.5 Å². The lowest BCUT2D eigenvalue weighted by atomic mass is 9.78. The van der Waals surface area contributed by atoms with Gasteiger partial charge in [-0.2, -0.15) is 0 Å². The van der Waals surface area contributed by atoms with Crippen LogP contribution in [-0.2, 0) is 18.9 Å². The standard InChI is InChI=1S/3C17H32.C16H14N2S.2C15H28O2.C12H24/c3*1-14-6-10-16(11-7-14)4-3-5-17-12-8-15(2)9-13-17;1-11-3-7-13(8-4-11)15-17-18-16(19-15)14-9-5-12(2)6-10-14;2*1-12-6-8-14(9-7-12)4-3-5-15-16-10-13(2)11-17-15;1-3-4-5-6-12-9-7-11(2)8-10-12/h3*14-17H,3-13H2,1-2H3;3-10H,1-2H3;2*12-15H,3-11H2,1-2H3;11-12H,3-10H2,1-2H3. The fourth-order valence-electron chi connectivity index (χ4n) is 21.9. The van der Waals surface area contributed by atoms with E-state index in [2.05, 4.69) is 156 Å². The first kappa shape index (κ1) is 99.3. The molecule has 2 saturated heterocycles. The average molecular weight is 1620 g/mol. The molecule has 9 saturated carbocycles. The molecule has 3 aromatic rings. The van der Waals surface area contributed by atoms with Crippen LogP contribution in [0.1, 0.15) is 447 Å². The van der Waals surface area contributed by atoms with Crippen LogP contribution in [0.2, 0.25) is 0 Å². The number of rotatable bonds is 26. The smallest absolute Gasteiger partial charge is 0.157 e. The molecule has 666 valence electrons. The third-order valence-electron chi connectivity index (χ3n) is 31.5. The number of ether oxygens (including phenoxy) is 4. The number of aryl methyl sites for hydroxylation is 2. The number of unbranched alkanes of at least 4 members (excludes halogenated alkanes) is 2. The lowest BCUT2D eigenvalue weighted by Gasteiger charge is -2.29. The van der Waals surface area contributed by atoms with Gasteiger partial charge in [-0.15, -0.1) is 10.2 Å². The molecule has 7 heteroatoms. The van der Waals surface area contributed by atoms with E-state index in [-0.39, 0.29) is 12.6 Å². The Morgan fingerprint density at radius 1 is 0.233 bits per heavy atom. The van der Waals surface area contributed by atoms with E-state index >= 15 is 0 Å². The molecule has 9 aliphatic carbocycles. The number of hydrogen-bond donors (Lipinski definition) is 0. The molecule has 0 amide bonds. The van der Waals surface area contributed by atoms with Crippen LogP contribution in [0.3, 0.4) is 0 Å². The Bertz CT molecular complexity index is 2350. The van der Waals surface area contributed by atoms with Crippen molar-refractivity contribution in [1.29, 1.82) is 0 Å². The van der Waals surface area contributed by atoms with Crippen molar-refractivity contribution in [3.8, 4) is 21.1 Å². The maximum Gasteiger partial charge on any atom is 0.157 e. The molecule has 3 heterocycles. The van der Waals surface area contributed by atoms with E-state index in [1.165, 1.54) is 313 Å². The molecule has 14 rings (SSSR count). The molecule has 0 atom stereocenters. The fraction of sp³-hybridized carbons (Fsp3) is 0.872. The number of benzene rings is 2. The number of aromatic nitrogens is 2. The minimum atomic E-state index is 0.0914. The summed E-state index contributed by atoms with van der Waals surface area (Å²) in [5, 5.41) is 10.5. The van der Waals surface area contributed by atoms with Gasteiger partial charge >= 0.3 is 0 Å². The molecule has 1 aromatic heterocycles. The summed E-state index contributed by atoms with van der Waals surface area (Å²) in [5.74, 6) is 19.8. The van der Waals surface area contributed by atoms with Gasteiger partial charge in [0.1, 0.15) is 10.0 Å². The summed E-state index contributed by atoms with van der Waals surface area (Å²) in [6.07, 6.45) is 81.4. The predicted octanol–water partition coefficient (Wildman–Crippen LogP) is 34.3. The third kappa shape index (κ3) is 42.5. The summed E-state index contributed by atoms with van der Waals surface area (Å²) >= 11 is 1.63. The zero-order chi connectivity index (χ0) is 82.5. The second-order valence-electron chi connectivity index (χ2n) is 43.3. The molecule has 0 bridgehead atoms. The molecule has 0 unspecified atom stereocenters. The van der Waals surface area contributed by atoms with Crippen LogP contribution in [0.25, 0.3) is 21.1 Å². The van der Waals surface area contributed by atoms with Gasteiger partial charge in [0.15, 0.2) is 12.6 Å². The van der Waals surface area contributed by atoms with Gasteiger partial charge in [0.2, 0.25) is 0 Å². The Balaban J connectivity index is 0.000000170. The zero-order valence-corrected chi connectivity index (χ0v) is 79.8. The van der Waals surface area contributed by atoms with E-state index in [0.29, 0.717) is 11.8 Å². The van der Waals surface area contributed by atoms with Crippen molar-refractivity contribution in [2.45, 2.75) is 463 Å². The summed E-state index contributed by atoms with van der Waals surface area (Å²) < 4.78 is 22.7. The first-order valence-corrected chi connectivity index (χ1v) is 52.5. The van der Waals surface area contributed by atoms with Crippen LogP contribution in [0.4, 0.5) is 0 Å². The molecular weight excluding hydrogens is 1430 g/mol. The molecule has 2 aliphatic heterocycles. The van der Waals surface area contributed by atoms with Crippen LogP contribution in [0.5, 0.6) is 0 Å². The van der Waals surface area contributed by atoms with Crippen LogP contribution >= 0.6 is 11.3 Å². The Morgan fingerprint density at radius 3 is 0.603 bits per heavy atom. The highest BCUT2D eigenvalue weighted by Gasteiger charge is 2.28. The van der Waals surface area contributed by atoms with Gasteiger partial charge < -0.3 is 18.9 Å². The normalized spacial score (nSPS) is 33.6. The monoisotopic (exact) mass is 1620 g/mol. The van der Waals surface area contributed by atoms with E-state index in [1.807, 2.05) is 0 Å². The largest absolute Gasteiger partial charge is 0.352 e. The highest BCUT2D eigenvalue weighted by atomic mass is 32.1. The van der Waals surface area contributed by atoms with E-state index in [9.17, 15) is 0 Å². The van der Waals surface area contributed by atoms with Gasteiger partial charge in [-0.1, -0.05) is 482 Å². The molecule has 6 nitrogen and oxygen atoms in total. The van der Waals surface area contributed by atoms with Crippen molar-refractivity contribution in [2.75, 3.05) is 26.4 Å². The van der Waals surface area contributed by atoms with Gasteiger partial charge in [-0.05, 0) is 146 Å². The lowest BCUT2D eigenvalue weighted by molar-refractivity contribution is -0.200. The zero-order valence-electron chi connectivity index (χ0n) is 79.0. The molecule has 116 heavy (non-hydrogen) atoms. The van der Waals surface area contributed by atoms with E-state index in [1.54, 1.807) is 49.9 Å². The van der Waals surface area contributed by atoms with Gasteiger partial charge in [0.25, 0.3) is 0 Å². The van der Waals surface area contributed by atoms with Crippen molar-refractivity contribution in [1.82, 2.24) is 10.2 Å². The third-order valence-corrected chi connectivity index (χ3v) is 32.5. The van der Waals surface area contributed by atoms with Crippen LogP contribution in [-0.4, -0.2) is 49.2 Å². The maximum atomic E-state index is 5.67. The van der Waals surface area contributed by atoms with Gasteiger partial charge in [0.05, 0.1) is 26.4 Å². The van der Waals surface area contributed by atoms with Crippen LogP contribution < -0.4 is 0 Å². The van der Waals surface area contributed by atoms with Crippen molar-refractivity contribution in [3.63, 3.8) is 0 Å².